The summed E-state index contributed by atoms with van der Waals surface area (Å²) in [4.78, 5) is 28.6. The number of carbonyl (C=O) groups is 1. The molecule has 0 unspecified atom stereocenters. The zero-order valence-corrected chi connectivity index (χ0v) is 8.98. The Morgan fingerprint density at radius 3 is 2.17 bits per heavy atom. The van der Waals surface area contributed by atoms with E-state index in [9.17, 15) is 9.36 Å². The maximum absolute atomic E-state index is 10.9. The molecule has 12 heavy (non-hydrogen) atoms. The second-order valence-corrected chi connectivity index (χ2v) is 11.4. The van der Waals surface area contributed by atoms with Crippen LogP contribution in [0.2, 0.25) is 0 Å². The van der Waals surface area contributed by atoms with Crippen molar-refractivity contribution >= 4 is 22.4 Å². The minimum absolute atomic E-state index is 0.0895. The average Bonchev–Trinajstić information content (AvgIpc) is 1.84. The standard InChI is InChI=1S/C5H14NO4PS/c1-6-5(7)4-12(2,3)11(8,9)10/h4H2,1-3H3,(H,6,7)(H2,8,9,10). The van der Waals surface area contributed by atoms with Crippen LogP contribution in [0.5, 0.6) is 0 Å². The zero-order chi connectivity index (χ0) is 9.99. The predicted octanol–water partition coefficient (Wildman–Crippen LogP) is -0.111. The van der Waals surface area contributed by atoms with Crippen molar-refractivity contribution in [2.45, 2.75) is 0 Å². The van der Waals surface area contributed by atoms with E-state index in [-0.39, 0.29) is 11.7 Å². The summed E-state index contributed by atoms with van der Waals surface area (Å²) in [7, 11) is -0.712. The Labute approximate surface area is 72.8 Å². The minimum Gasteiger partial charge on any atom is -0.358 e. The Balaban J connectivity index is 4.44. The van der Waals surface area contributed by atoms with E-state index in [1.54, 1.807) is 0 Å². The number of carbonyl (C=O) groups excluding carboxylic acids is 1. The Hall–Kier alpha value is -0.0300. The minimum atomic E-state index is -4.11. The molecule has 0 spiro atoms. The highest BCUT2D eigenvalue weighted by atomic mass is 32.8. The van der Waals surface area contributed by atoms with Gasteiger partial charge in [-0.3, -0.25) is 4.79 Å². The first-order chi connectivity index (χ1) is 5.20. The van der Waals surface area contributed by atoms with E-state index >= 15 is 0 Å². The van der Waals surface area contributed by atoms with Crippen molar-refractivity contribution in [1.29, 1.82) is 0 Å². The summed E-state index contributed by atoms with van der Waals surface area (Å²) in [6.45, 7) is -4.11. The maximum atomic E-state index is 10.9. The molecule has 0 saturated heterocycles. The van der Waals surface area contributed by atoms with Gasteiger partial charge in [-0.2, -0.15) is 0 Å². The number of hydrogen-bond donors (Lipinski definition) is 3. The van der Waals surface area contributed by atoms with Crippen molar-refractivity contribution in [1.82, 2.24) is 5.32 Å². The second-order valence-electron chi connectivity index (χ2n) is 2.79. The Morgan fingerprint density at radius 1 is 1.50 bits per heavy atom. The third-order valence-electron chi connectivity index (χ3n) is 1.41. The molecule has 0 aromatic rings. The molecule has 0 aliphatic rings. The van der Waals surface area contributed by atoms with Crippen molar-refractivity contribution in [3.8, 4) is 0 Å². The fraction of sp³-hybridized carbons (Fsp3) is 0.800. The van der Waals surface area contributed by atoms with Crippen LogP contribution < -0.4 is 5.32 Å². The van der Waals surface area contributed by atoms with Gasteiger partial charge in [0.05, 0.1) is 5.75 Å². The number of hydrogen-bond acceptors (Lipinski definition) is 2. The van der Waals surface area contributed by atoms with Crippen LogP contribution in [0.25, 0.3) is 0 Å². The van der Waals surface area contributed by atoms with Gasteiger partial charge in [-0.15, -0.1) is 9.65 Å². The third kappa shape index (κ3) is 3.15. The van der Waals surface area contributed by atoms with Gasteiger partial charge >= 0.3 is 6.80 Å². The summed E-state index contributed by atoms with van der Waals surface area (Å²) >= 11 is 0. The van der Waals surface area contributed by atoms with Gasteiger partial charge in [-0.25, -0.2) is 4.57 Å². The second kappa shape index (κ2) is 3.79. The highest BCUT2D eigenvalue weighted by Gasteiger charge is 2.33. The molecular formula is C5H14NO4PS. The van der Waals surface area contributed by atoms with E-state index in [2.05, 4.69) is 5.32 Å². The molecule has 0 heterocycles. The van der Waals surface area contributed by atoms with E-state index in [0.717, 1.165) is 0 Å². The molecule has 0 aromatic heterocycles. The van der Waals surface area contributed by atoms with Crippen LogP contribution in [0.3, 0.4) is 0 Å². The number of amides is 1. The van der Waals surface area contributed by atoms with Crippen molar-refractivity contribution in [2.75, 3.05) is 25.3 Å². The van der Waals surface area contributed by atoms with E-state index in [1.807, 2.05) is 0 Å². The molecule has 0 radical (unpaired) electrons. The molecule has 74 valence electrons. The van der Waals surface area contributed by atoms with E-state index < -0.39 is 16.4 Å². The van der Waals surface area contributed by atoms with Gasteiger partial charge in [-0.05, 0) is 12.5 Å². The molecule has 5 nitrogen and oxygen atoms in total. The van der Waals surface area contributed by atoms with Gasteiger partial charge in [0.25, 0.3) is 0 Å². The first-order valence-electron chi connectivity index (χ1n) is 3.18. The first kappa shape index (κ1) is 12.0. The van der Waals surface area contributed by atoms with Crippen LogP contribution in [0.1, 0.15) is 0 Å². The number of rotatable bonds is 3. The fourth-order valence-electron chi connectivity index (χ4n) is 0.477. The van der Waals surface area contributed by atoms with Crippen molar-refractivity contribution in [3.63, 3.8) is 0 Å². The highest BCUT2D eigenvalue weighted by molar-refractivity contribution is 8.76. The lowest BCUT2D eigenvalue weighted by atomic mass is 10.7. The topological polar surface area (TPSA) is 86.6 Å². The summed E-state index contributed by atoms with van der Waals surface area (Å²) in [5.74, 6) is -0.424. The van der Waals surface area contributed by atoms with Crippen LogP contribution in [0.4, 0.5) is 0 Å². The SMILES string of the molecule is CNC(=O)CS(C)(C)P(=O)(O)O. The molecular weight excluding hydrogens is 201 g/mol. The van der Waals surface area contributed by atoms with Gasteiger partial charge < -0.3 is 15.1 Å². The molecule has 0 fully saturated rings. The van der Waals surface area contributed by atoms with E-state index in [1.165, 1.54) is 19.6 Å². The normalized spacial score (nSPS) is 14.1. The van der Waals surface area contributed by atoms with Crippen LogP contribution >= 0.6 is 16.4 Å². The summed E-state index contributed by atoms with van der Waals surface area (Å²) in [5.41, 5.74) is 0. The molecule has 0 bridgehead atoms. The van der Waals surface area contributed by atoms with Gasteiger partial charge in [0.1, 0.15) is 0 Å². The van der Waals surface area contributed by atoms with Gasteiger partial charge in [0.15, 0.2) is 0 Å². The Morgan fingerprint density at radius 2 is 1.92 bits per heavy atom. The van der Waals surface area contributed by atoms with Crippen molar-refractivity contribution in [2.24, 2.45) is 0 Å². The van der Waals surface area contributed by atoms with E-state index in [4.69, 9.17) is 9.79 Å². The van der Waals surface area contributed by atoms with Gasteiger partial charge in [0, 0.05) is 7.05 Å². The lowest BCUT2D eigenvalue weighted by Crippen LogP contribution is -2.24. The highest BCUT2D eigenvalue weighted by Crippen LogP contribution is 2.72. The van der Waals surface area contributed by atoms with Gasteiger partial charge in [-0.1, -0.05) is 0 Å². The van der Waals surface area contributed by atoms with Crippen LogP contribution in [-0.4, -0.2) is 41.0 Å². The maximum Gasteiger partial charge on any atom is 0.366 e. The predicted molar refractivity (Wildman–Crippen MR) is 50.4 cm³/mol. The molecule has 0 rings (SSSR count). The monoisotopic (exact) mass is 215 g/mol. The average molecular weight is 215 g/mol. The molecule has 0 aliphatic heterocycles. The lowest BCUT2D eigenvalue weighted by molar-refractivity contribution is -0.118. The zero-order valence-electron chi connectivity index (χ0n) is 7.27. The number of nitrogens with one attached hydrogen (secondary N) is 1. The van der Waals surface area contributed by atoms with Crippen LogP contribution in [0, 0.1) is 0 Å². The van der Waals surface area contributed by atoms with Gasteiger partial charge in [0.2, 0.25) is 5.91 Å². The van der Waals surface area contributed by atoms with Crippen LogP contribution in [0.15, 0.2) is 0 Å². The smallest absolute Gasteiger partial charge is 0.358 e. The molecule has 0 aliphatic carbocycles. The summed E-state index contributed by atoms with van der Waals surface area (Å²) < 4.78 is 10.9. The van der Waals surface area contributed by atoms with Crippen molar-refractivity contribution < 1.29 is 19.1 Å². The largest absolute Gasteiger partial charge is 0.366 e. The molecule has 3 N–H and O–H groups in total. The summed E-state index contributed by atoms with van der Waals surface area (Å²) in [5, 5.41) is 2.33. The Bertz CT molecular complexity index is 223. The molecule has 7 heteroatoms. The molecule has 0 aromatic carbocycles. The fourth-order valence-corrected chi connectivity index (χ4v) is 2.29. The quantitative estimate of drug-likeness (QED) is 0.573. The lowest BCUT2D eigenvalue weighted by Gasteiger charge is -2.30. The van der Waals surface area contributed by atoms with E-state index in [0.29, 0.717) is 0 Å². The Kier molecular flexibility index (Phi) is 3.78. The molecule has 0 atom stereocenters. The third-order valence-corrected chi connectivity index (χ3v) is 7.91. The molecule has 0 saturated carbocycles. The summed E-state index contributed by atoms with van der Waals surface area (Å²) in [6.07, 6.45) is 2.89. The van der Waals surface area contributed by atoms with Crippen molar-refractivity contribution in [3.05, 3.63) is 0 Å². The summed E-state index contributed by atoms with van der Waals surface area (Å²) in [6, 6.07) is 0. The first-order valence-corrected chi connectivity index (χ1v) is 8.01. The van der Waals surface area contributed by atoms with Crippen LogP contribution in [-0.2, 0) is 9.36 Å². The molecule has 1 amide bonds.